The van der Waals surface area contributed by atoms with Crippen LogP contribution in [0.4, 0.5) is 5.13 Å². The smallest absolute Gasteiger partial charge is 0.421 e. The van der Waals surface area contributed by atoms with E-state index in [0.29, 0.717) is 11.3 Å². The highest BCUT2D eigenvalue weighted by molar-refractivity contribution is 7.17. The molecular weight excluding hydrogens is 360 g/mol. The molecule has 0 spiro atoms. The summed E-state index contributed by atoms with van der Waals surface area (Å²) in [6.07, 6.45) is 2.95. The summed E-state index contributed by atoms with van der Waals surface area (Å²) in [5.74, 6) is -1.72. The summed E-state index contributed by atoms with van der Waals surface area (Å²) in [6, 6.07) is 3.21. The van der Waals surface area contributed by atoms with Crippen LogP contribution in [0, 0.1) is 6.92 Å². The van der Waals surface area contributed by atoms with E-state index in [-0.39, 0.29) is 28.8 Å². The third kappa shape index (κ3) is 3.54. The Labute approximate surface area is 150 Å². The fourth-order valence-electron chi connectivity index (χ4n) is 2.18. The number of esters is 1. The zero-order valence-electron chi connectivity index (χ0n) is 13.7. The molecule has 26 heavy (non-hydrogen) atoms. The summed E-state index contributed by atoms with van der Waals surface area (Å²) in [7, 11) is 0. The number of ether oxygens (including phenoxy) is 1. The van der Waals surface area contributed by atoms with Gasteiger partial charge in [0.2, 0.25) is 5.91 Å². The van der Waals surface area contributed by atoms with Crippen LogP contribution in [0.25, 0.3) is 11.2 Å². The number of nitrogens with one attached hydrogen (secondary N) is 1. The number of thiazole rings is 1. The van der Waals surface area contributed by atoms with Crippen molar-refractivity contribution in [2.24, 2.45) is 0 Å². The van der Waals surface area contributed by atoms with Gasteiger partial charge in [0.05, 0.1) is 5.69 Å². The van der Waals surface area contributed by atoms with Crippen LogP contribution < -0.4 is 11.1 Å². The molecule has 0 radical (unpaired) electrons. The molecule has 9 nitrogen and oxygen atoms in total. The number of aromatic nitrogens is 3. The van der Waals surface area contributed by atoms with E-state index >= 15 is 0 Å². The lowest BCUT2D eigenvalue weighted by Crippen LogP contribution is -2.25. The Hall–Kier alpha value is -3.27. The Kier molecular flexibility index (Phi) is 4.94. The lowest BCUT2D eigenvalue weighted by atomic mass is 10.4. The Bertz CT molecular complexity index is 1050. The van der Waals surface area contributed by atoms with Crippen LogP contribution in [0.2, 0.25) is 0 Å². The molecule has 1 N–H and O–H groups in total. The number of oxazole rings is 1. The van der Waals surface area contributed by atoms with Crippen molar-refractivity contribution < 1.29 is 18.7 Å². The minimum atomic E-state index is -0.683. The predicted octanol–water partition coefficient (Wildman–Crippen LogP) is 1.74. The van der Waals surface area contributed by atoms with Crippen LogP contribution in [0.3, 0.4) is 0 Å². The molecule has 0 aliphatic heterocycles. The summed E-state index contributed by atoms with van der Waals surface area (Å²) in [6.45, 7) is 4.89. The fraction of sp³-hybridized carbons (Fsp3) is 0.188. The minimum Gasteiger partial charge on any atom is -0.457 e. The van der Waals surface area contributed by atoms with Crippen molar-refractivity contribution in [2.75, 3.05) is 11.9 Å². The van der Waals surface area contributed by atoms with Gasteiger partial charge in [0.15, 0.2) is 16.4 Å². The zero-order chi connectivity index (χ0) is 18.7. The SMILES string of the molecule is C=CCOC(=O)c1sc(NC(=O)Cn2c(=O)oc3cccnc32)nc1C. The third-order valence-corrected chi connectivity index (χ3v) is 4.34. The van der Waals surface area contributed by atoms with Gasteiger partial charge in [0, 0.05) is 6.20 Å². The number of carbonyl (C=O) groups is 2. The van der Waals surface area contributed by atoms with Crippen LogP contribution >= 0.6 is 11.3 Å². The molecule has 0 aliphatic carbocycles. The number of aryl methyl sites for hydroxylation is 1. The Morgan fingerprint density at radius 3 is 3.08 bits per heavy atom. The molecular formula is C16H14N4O5S. The van der Waals surface area contributed by atoms with Gasteiger partial charge in [-0.1, -0.05) is 24.0 Å². The van der Waals surface area contributed by atoms with Crippen LogP contribution in [0.1, 0.15) is 15.4 Å². The molecule has 0 atom stereocenters. The summed E-state index contributed by atoms with van der Waals surface area (Å²) in [5, 5.41) is 2.78. The molecule has 0 unspecified atom stereocenters. The van der Waals surface area contributed by atoms with Crippen molar-refractivity contribution >= 4 is 39.6 Å². The molecule has 0 aromatic carbocycles. The molecule has 134 valence electrons. The van der Waals surface area contributed by atoms with E-state index in [1.807, 2.05) is 0 Å². The normalized spacial score (nSPS) is 10.7. The monoisotopic (exact) mass is 374 g/mol. The van der Waals surface area contributed by atoms with Crippen molar-refractivity contribution in [1.29, 1.82) is 0 Å². The van der Waals surface area contributed by atoms with Crippen molar-refractivity contribution in [1.82, 2.24) is 14.5 Å². The summed E-state index contributed by atoms with van der Waals surface area (Å²) in [4.78, 5) is 44.4. The second-order valence-corrected chi connectivity index (χ2v) is 6.15. The maximum absolute atomic E-state index is 12.2. The summed E-state index contributed by atoms with van der Waals surface area (Å²) in [5.41, 5.74) is 1.01. The maximum atomic E-state index is 12.2. The molecule has 3 aromatic rings. The lowest BCUT2D eigenvalue weighted by Gasteiger charge is -2.02. The number of hydrogen-bond acceptors (Lipinski definition) is 8. The molecule has 3 aromatic heterocycles. The number of nitrogens with zero attached hydrogens (tertiary/aromatic N) is 3. The maximum Gasteiger partial charge on any atom is 0.421 e. The number of rotatable bonds is 6. The van der Waals surface area contributed by atoms with Crippen molar-refractivity contribution in [3.63, 3.8) is 0 Å². The highest BCUT2D eigenvalue weighted by Crippen LogP contribution is 2.23. The van der Waals surface area contributed by atoms with Crippen LogP contribution in [0.15, 0.2) is 40.2 Å². The molecule has 0 aliphatic rings. The average molecular weight is 374 g/mol. The van der Waals surface area contributed by atoms with Crippen molar-refractivity contribution in [2.45, 2.75) is 13.5 Å². The highest BCUT2D eigenvalue weighted by Gasteiger charge is 2.19. The molecule has 10 heteroatoms. The van der Waals surface area contributed by atoms with Crippen LogP contribution in [-0.2, 0) is 16.1 Å². The molecule has 3 heterocycles. The van der Waals surface area contributed by atoms with Crippen LogP contribution in [-0.4, -0.2) is 33.0 Å². The average Bonchev–Trinajstić information content (AvgIpc) is 3.12. The number of anilines is 1. The number of carbonyl (C=O) groups excluding carboxylic acids is 2. The molecule has 1 amide bonds. The van der Waals surface area contributed by atoms with E-state index in [4.69, 9.17) is 9.15 Å². The molecule has 0 saturated heterocycles. The Morgan fingerprint density at radius 2 is 2.31 bits per heavy atom. The van der Waals surface area contributed by atoms with Gasteiger partial charge in [0.1, 0.15) is 18.0 Å². The van der Waals surface area contributed by atoms with Crippen LogP contribution in [0.5, 0.6) is 0 Å². The van der Waals surface area contributed by atoms with Gasteiger partial charge in [0.25, 0.3) is 0 Å². The summed E-state index contributed by atoms with van der Waals surface area (Å²) < 4.78 is 11.1. The van der Waals surface area contributed by atoms with E-state index < -0.39 is 17.6 Å². The van der Waals surface area contributed by atoms with Crippen molar-refractivity contribution in [3.05, 3.63) is 52.1 Å². The number of amides is 1. The second kappa shape index (κ2) is 7.31. The first kappa shape index (κ1) is 17.5. The Balaban J connectivity index is 1.74. The van der Waals surface area contributed by atoms with Gasteiger partial charge in [-0.2, -0.15) is 0 Å². The first-order valence-electron chi connectivity index (χ1n) is 7.49. The Morgan fingerprint density at radius 1 is 1.50 bits per heavy atom. The first-order chi connectivity index (χ1) is 12.5. The van der Waals surface area contributed by atoms with Gasteiger partial charge in [-0.25, -0.2) is 24.1 Å². The lowest BCUT2D eigenvalue weighted by molar-refractivity contribution is -0.116. The van der Waals surface area contributed by atoms with E-state index in [9.17, 15) is 14.4 Å². The van der Waals surface area contributed by atoms with Gasteiger partial charge in [-0.05, 0) is 19.1 Å². The van der Waals surface area contributed by atoms with E-state index in [2.05, 4.69) is 21.9 Å². The number of pyridine rings is 1. The predicted molar refractivity (Wildman–Crippen MR) is 94.2 cm³/mol. The molecule has 0 fully saturated rings. The summed E-state index contributed by atoms with van der Waals surface area (Å²) >= 11 is 0.988. The highest BCUT2D eigenvalue weighted by atomic mass is 32.1. The topological polar surface area (TPSA) is 116 Å². The van der Waals surface area contributed by atoms with Gasteiger partial charge < -0.3 is 14.5 Å². The van der Waals surface area contributed by atoms with E-state index in [1.54, 1.807) is 19.1 Å². The van der Waals surface area contributed by atoms with Gasteiger partial charge in [-0.3, -0.25) is 4.79 Å². The van der Waals surface area contributed by atoms with Crippen molar-refractivity contribution in [3.8, 4) is 0 Å². The zero-order valence-corrected chi connectivity index (χ0v) is 14.5. The third-order valence-electron chi connectivity index (χ3n) is 3.29. The van der Waals surface area contributed by atoms with E-state index in [1.165, 1.54) is 12.3 Å². The van der Waals surface area contributed by atoms with Gasteiger partial charge >= 0.3 is 11.7 Å². The molecule has 0 saturated carbocycles. The second-order valence-electron chi connectivity index (χ2n) is 5.15. The van der Waals surface area contributed by atoms with E-state index in [0.717, 1.165) is 15.9 Å². The minimum absolute atomic E-state index is 0.0847. The first-order valence-corrected chi connectivity index (χ1v) is 8.31. The fourth-order valence-corrected chi connectivity index (χ4v) is 3.06. The molecule has 3 rings (SSSR count). The molecule has 0 bridgehead atoms. The largest absolute Gasteiger partial charge is 0.457 e. The quantitative estimate of drug-likeness (QED) is 0.516. The van der Waals surface area contributed by atoms with Gasteiger partial charge in [-0.15, -0.1) is 0 Å². The standard InChI is InChI=1S/C16H14N4O5S/c1-3-7-24-14(22)12-9(2)18-15(26-12)19-11(21)8-20-13-10(25-16(20)23)5-4-6-17-13/h3-6H,1,7-8H2,2H3,(H,18,19,21). The number of fused-ring (bicyclic) bond motifs is 1. The number of hydrogen-bond donors (Lipinski definition) is 1.